The van der Waals surface area contributed by atoms with Crippen LogP contribution in [0.3, 0.4) is 0 Å². The minimum absolute atomic E-state index is 0.0338. The molecule has 0 spiro atoms. The van der Waals surface area contributed by atoms with Crippen molar-refractivity contribution in [3.8, 4) is 0 Å². The average molecular weight is 285 g/mol. The van der Waals surface area contributed by atoms with Crippen molar-refractivity contribution in [3.63, 3.8) is 0 Å². The number of nitrogens with one attached hydrogen (secondary N) is 1. The molecule has 0 bridgehead atoms. The van der Waals surface area contributed by atoms with Gasteiger partial charge in [-0.25, -0.2) is 4.98 Å². The lowest BCUT2D eigenvalue weighted by Crippen LogP contribution is -2.39. The molecule has 2 rings (SSSR count). The van der Waals surface area contributed by atoms with Gasteiger partial charge >= 0.3 is 0 Å². The third-order valence-corrected chi connectivity index (χ3v) is 3.57. The summed E-state index contributed by atoms with van der Waals surface area (Å²) in [4.78, 5) is 16.8. The van der Waals surface area contributed by atoms with Gasteiger partial charge in [0.05, 0.1) is 17.1 Å². The molecular weight excluding hydrogens is 268 g/mol. The topological polar surface area (TPSA) is 71.3 Å². The summed E-state index contributed by atoms with van der Waals surface area (Å²) in [5.41, 5.74) is -0.0338. The molecule has 1 aliphatic rings. The normalized spacial score (nSPS) is 17.4. The van der Waals surface area contributed by atoms with Crippen molar-refractivity contribution in [3.05, 3.63) is 27.4 Å². The van der Waals surface area contributed by atoms with E-state index in [0.29, 0.717) is 11.9 Å². The smallest absolute Gasteiger partial charge is 0.276 e. The van der Waals surface area contributed by atoms with Crippen LogP contribution in [-0.4, -0.2) is 40.5 Å². The second kappa shape index (κ2) is 6.16. The summed E-state index contributed by atoms with van der Waals surface area (Å²) in [5.74, 6) is 0.481. The first kappa shape index (κ1) is 14.0. The standard InChI is InChI=1S/C12H17ClN4O2/c1-2-16-5-3-9(4-6-16)14-12-8-10(17(18)19)7-11(13)15-12/h7-9H,2-6H2,1H3,(H,14,15). The molecule has 1 aromatic rings. The number of pyridine rings is 1. The van der Waals surface area contributed by atoms with Crippen LogP contribution < -0.4 is 5.32 Å². The van der Waals surface area contributed by atoms with Crippen LogP contribution in [0.5, 0.6) is 0 Å². The fourth-order valence-electron chi connectivity index (χ4n) is 2.27. The van der Waals surface area contributed by atoms with Crippen LogP contribution in [0.2, 0.25) is 5.15 Å². The van der Waals surface area contributed by atoms with Crippen molar-refractivity contribution < 1.29 is 4.92 Å². The number of hydrogen-bond acceptors (Lipinski definition) is 5. The lowest BCUT2D eigenvalue weighted by Gasteiger charge is -2.31. The SMILES string of the molecule is CCN1CCC(Nc2cc([N+](=O)[O-])cc(Cl)n2)CC1. The number of likely N-dealkylation sites (tertiary alicyclic amines) is 1. The first-order valence-electron chi connectivity index (χ1n) is 6.39. The molecule has 1 N–H and O–H groups in total. The van der Waals surface area contributed by atoms with Crippen molar-refractivity contribution in [1.82, 2.24) is 9.88 Å². The van der Waals surface area contributed by atoms with E-state index in [-0.39, 0.29) is 10.8 Å². The molecule has 0 aliphatic carbocycles. The van der Waals surface area contributed by atoms with Gasteiger partial charge in [0.15, 0.2) is 0 Å². The first-order chi connectivity index (χ1) is 9.08. The zero-order chi connectivity index (χ0) is 13.8. The number of halogens is 1. The van der Waals surface area contributed by atoms with Crippen LogP contribution in [-0.2, 0) is 0 Å². The Morgan fingerprint density at radius 1 is 1.53 bits per heavy atom. The average Bonchev–Trinajstić information content (AvgIpc) is 2.39. The molecule has 7 heteroatoms. The maximum Gasteiger partial charge on any atom is 0.276 e. The molecule has 104 valence electrons. The minimum atomic E-state index is -0.460. The van der Waals surface area contributed by atoms with E-state index in [1.807, 2.05) is 0 Å². The van der Waals surface area contributed by atoms with E-state index in [4.69, 9.17) is 11.6 Å². The summed E-state index contributed by atoms with van der Waals surface area (Å²) in [7, 11) is 0. The third kappa shape index (κ3) is 3.78. The zero-order valence-electron chi connectivity index (χ0n) is 10.8. The summed E-state index contributed by atoms with van der Waals surface area (Å²) < 4.78 is 0. The largest absolute Gasteiger partial charge is 0.367 e. The summed E-state index contributed by atoms with van der Waals surface area (Å²) in [6.45, 7) is 5.29. The maximum atomic E-state index is 10.8. The number of nitro groups is 1. The first-order valence-corrected chi connectivity index (χ1v) is 6.77. The van der Waals surface area contributed by atoms with Crippen molar-refractivity contribution in [2.75, 3.05) is 25.0 Å². The number of anilines is 1. The highest BCUT2D eigenvalue weighted by Gasteiger charge is 2.19. The zero-order valence-corrected chi connectivity index (χ0v) is 11.6. The van der Waals surface area contributed by atoms with Crippen LogP contribution in [0.25, 0.3) is 0 Å². The van der Waals surface area contributed by atoms with E-state index in [2.05, 4.69) is 22.1 Å². The van der Waals surface area contributed by atoms with E-state index >= 15 is 0 Å². The Hall–Kier alpha value is -1.40. The number of aromatic nitrogens is 1. The fourth-order valence-corrected chi connectivity index (χ4v) is 2.47. The molecular formula is C12H17ClN4O2. The van der Waals surface area contributed by atoms with Gasteiger partial charge < -0.3 is 10.2 Å². The number of piperidine rings is 1. The molecule has 0 amide bonds. The highest BCUT2D eigenvalue weighted by Crippen LogP contribution is 2.22. The molecule has 2 heterocycles. The summed E-state index contributed by atoms with van der Waals surface area (Å²) in [5, 5.41) is 14.1. The molecule has 1 fully saturated rings. The van der Waals surface area contributed by atoms with Crippen molar-refractivity contribution in [1.29, 1.82) is 0 Å². The molecule has 0 unspecified atom stereocenters. The predicted octanol–water partition coefficient (Wildman–Crippen LogP) is 2.54. The van der Waals surface area contributed by atoms with Gasteiger partial charge in [-0.1, -0.05) is 18.5 Å². The molecule has 1 aromatic heterocycles. The molecule has 0 radical (unpaired) electrons. The molecule has 0 saturated carbocycles. The van der Waals surface area contributed by atoms with Crippen molar-refractivity contribution in [2.24, 2.45) is 0 Å². The van der Waals surface area contributed by atoms with Crippen LogP contribution in [0.1, 0.15) is 19.8 Å². The van der Waals surface area contributed by atoms with E-state index in [1.165, 1.54) is 12.1 Å². The second-order valence-electron chi connectivity index (χ2n) is 4.64. The monoisotopic (exact) mass is 284 g/mol. The van der Waals surface area contributed by atoms with Crippen molar-refractivity contribution in [2.45, 2.75) is 25.8 Å². The van der Waals surface area contributed by atoms with Gasteiger partial charge in [-0.2, -0.15) is 0 Å². The Bertz CT molecular complexity index is 461. The minimum Gasteiger partial charge on any atom is -0.367 e. The summed E-state index contributed by atoms with van der Waals surface area (Å²) in [6, 6.07) is 2.98. The molecule has 1 saturated heterocycles. The van der Waals surface area contributed by atoms with Gasteiger partial charge in [-0.15, -0.1) is 0 Å². The van der Waals surface area contributed by atoms with Crippen LogP contribution in [0.4, 0.5) is 11.5 Å². The van der Waals surface area contributed by atoms with Crippen LogP contribution in [0.15, 0.2) is 12.1 Å². The summed E-state index contributed by atoms with van der Waals surface area (Å²) >= 11 is 5.79. The molecule has 19 heavy (non-hydrogen) atoms. The van der Waals surface area contributed by atoms with E-state index in [9.17, 15) is 10.1 Å². The van der Waals surface area contributed by atoms with Gasteiger partial charge in [0.1, 0.15) is 11.0 Å². The number of hydrogen-bond donors (Lipinski definition) is 1. The Morgan fingerprint density at radius 2 is 2.21 bits per heavy atom. The maximum absolute atomic E-state index is 10.8. The molecule has 0 aromatic carbocycles. The second-order valence-corrected chi connectivity index (χ2v) is 5.03. The third-order valence-electron chi connectivity index (χ3n) is 3.38. The molecule has 1 aliphatic heterocycles. The van der Waals surface area contributed by atoms with Gasteiger partial charge in [0, 0.05) is 19.1 Å². The van der Waals surface area contributed by atoms with Gasteiger partial charge in [-0.05, 0) is 19.4 Å². The van der Waals surface area contributed by atoms with Crippen molar-refractivity contribution >= 4 is 23.1 Å². The van der Waals surface area contributed by atoms with Crippen LogP contribution >= 0.6 is 11.6 Å². The Kier molecular flexibility index (Phi) is 4.55. The highest BCUT2D eigenvalue weighted by molar-refractivity contribution is 6.29. The number of nitrogens with zero attached hydrogens (tertiary/aromatic N) is 3. The van der Waals surface area contributed by atoms with E-state index < -0.39 is 4.92 Å². The van der Waals surface area contributed by atoms with E-state index in [0.717, 1.165) is 32.5 Å². The Labute approximate surface area is 116 Å². The molecule has 6 nitrogen and oxygen atoms in total. The fraction of sp³-hybridized carbons (Fsp3) is 0.583. The Balaban J connectivity index is 2.01. The Morgan fingerprint density at radius 3 is 2.79 bits per heavy atom. The van der Waals surface area contributed by atoms with Gasteiger partial charge in [0.2, 0.25) is 0 Å². The van der Waals surface area contributed by atoms with E-state index in [1.54, 1.807) is 0 Å². The number of rotatable bonds is 4. The molecule has 0 atom stereocenters. The van der Waals surface area contributed by atoms with Crippen LogP contribution in [0, 0.1) is 10.1 Å². The predicted molar refractivity (Wildman–Crippen MR) is 74.7 cm³/mol. The van der Waals surface area contributed by atoms with Gasteiger partial charge in [-0.3, -0.25) is 10.1 Å². The summed E-state index contributed by atoms with van der Waals surface area (Å²) in [6.07, 6.45) is 2.02. The van der Waals surface area contributed by atoms with Gasteiger partial charge in [0.25, 0.3) is 5.69 Å². The lowest BCUT2D eigenvalue weighted by molar-refractivity contribution is -0.384. The highest BCUT2D eigenvalue weighted by atomic mass is 35.5. The quantitative estimate of drug-likeness (QED) is 0.523. The lowest BCUT2D eigenvalue weighted by atomic mass is 10.1.